The Balaban J connectivity index is 1.54. The van der Waals surface area contributed by atoms with Gasteiger partial charge in [0, 0.05) is 40.3 Å². The average Bonchev–Trinajstić information content (AvgIpc) is 2.91. The number of nitrogens with zero attached hydrogens (tertiary/aromatic N) is 3. The Morgan fingerprint density at radius 1 is 1.31 bits per heavy atom. The van der Waals surface area contributed by atoms with E-state index in [1.54, 1.807) is 38.4 Å². The Morgan fingerprint density at radius 3 is 2.62 bits per heavy atom. The molecule has 1 aromatic rings. The van der Waals surface area contributed by atoms with Crippen LogP contribution in [0, 0.1) is 0 Å². The molecule has 1 fully saturated rings. The first kappa shape index (κ1) is 18.3. The largest absolute Gasteiger partial charge is 0.382 e. The van der Waals surface area contributed by atoms with Crippen molar-refractivity contribution in [2.45, 2.75) is 6.10 Å². The average molecular weight is 360 g/mol. The van der Waals surface area contributed by atoms with Crippen molar-refractivity contribution in [3.05, 3.63) is 35.4 Å². The maximum atomic E-state index is 12.4. The summed E-state index contributed by atoms with van der Waals surface area (Å²) in [4.78, 5) is 32.4. The lowest BCUT2D eigenvalue weighted by Crippen LogP contribution is -2.52. The van der Waals surface area contributed by atoms with Gasteiger partial charge in [-0.3, -0.25) is 19.5 Å². The zero-order chi connectivity index (χ0) is 18.5. The number of benzene rings is 1. The molecule has 2 aliphatic rings. The van der Waals surface area contributed by atoms with Crippen molar-refractivity contribution in [1.82, 2.24) is 15.1 Å². The molecule has 0 aromatic heterocycles. The highest BCUT2D eigenvalue weighted by Gasteiger charge is 2.34. The van der Waals surface area contributed by atoms with E-state index in [4.69, 9.17) is 9.47 Å². The monoisotopic (exact) mass is 360 g/mol. The number of fused-ring (bicyclic) bond motifs is 1. The number of amides is 2. The van der Waals surface area contributed by atoms with Crippen LogP contribution in [-0.4, -0.2) is 87.2 Å². The van der Waals surface area contributed by atoms with Crippen molar-refractivity contribution in [1.29, 1.82) is 0 Å². The second kappa shape index (κ2) is 8.29. The molecule has 140 valence electrons. The van der Waals surface area contributed by atoms with E-state index in [0.29, 0.717) is 37.4 Å². The number of carbonyl (C=O) groups excluding carboxylic acids is 2. The standard InChI is InChI=1S/C18H24N4O4/c1-19-18(21-9-10-26-13(11-21)12-25-2)20-7-8-22-16(23)14-5-3-4-6-15(14)17(22)24/h3-6,13H,7-12H2,1-2H3,(H,19,20). The number of hydrogen-bond acceptors (Lipinski definition) is 5. The number of aliphatic imine (C=N–C) groups is 1. The normalized spacial score (nSPS) is 20.5. The minimum absolute atomic E-state index is 0.00327. The third kappa shape index (κ3) is 3.71. The van der Waals surface area contributed by atoms with Gasteiger partial charge in [0.05, 0.1) is 30.4 Å². The number of imide groups is 1. The molecule has 1 aromatic carbocycles. The number of ether oxygens (including phenoxy) is 2. The van der Waals surface area contributed by atoms with Gasteiger partial charge >= 0.3 is 0 Å². The highest BCUT2D eigenvalue weighted by Crippen LogP contribution is 2.21. The molecule has 1 atom stereocenters. The SMILES string of the molecule is CN=C(NCCN1C(=O)c2ccccc2C1=O)N1CCOC(COC)C1. The van der Waals surface area contributed by atoms with Crippen molar-refractivity contribution in [2.24, 2.45) is 4.99 Å². The maximum Gasteiger partial charge on any atom is 0.261 e. The second-order valence-corrected chi connectivity index (χ2v) is 6.18. The zero-order valence-electron chi connectivity index (χ0n) is 15.1. The smallest absolute Gasteiger partial charge is 0.261 e. The van der Waals surface area contributed by atoms with Gasteiger partial charge in [0.2, 0.25) is 0 Å². The minimum Gasteiger partial charge on any atom is -0.382 e. The first-order valence-corrected chi connectivity index (χ1v) is 8.67. The summed E-state index contributed by atoms with van der Waals surface area (Å²) in [6, 6.07) is 6.90. The van der Waals surface area contributed by atoms with Gasteiger partial charge in [0.25, 0.3) is 11.8 Å². The number of guanidine groups is 1. The first-order chi connectivity index (χ1) is 12.7. The van der Waals surface area contributed by atoms with E-state index in [2.05, 4.69) is 15.2 Å². The van der Waals surface area contributed by atoms with Crippen LogP contribution in [0.5, 0.6) is 0 Å². The lowest BCUT2D eigenvalue weighted by atomic mass is 10.1. The number of nitrogens with one attached hydrogen (secondary N) is 1. The van der Waals surface area contributed by atoms with Crippen LogP contribution in [0.25, 0.3) is 0 Å². The summed E-state index contributed by atoms with van der Waals surface area (Å²) in [6.07, 6.45) is 0.00327. The molecule has 3 rings (SSSR count). The van der Waals surface area contributed by atoms with Crippen LogP contribution >= 0.6 is 0 Å². The highest BCUT2D eigenvalue weighted by atomic mass is 16.5. The van der Waals surface area contributed by atoms with Crippen molar-refractivity contribution < 1.29 is 19.1 Å². The summed E-state index contributed by atoms with van der Waals surface area (Å²) in [5, 5.41) is 3.23. The predicted octanol–water partition coefficient (Wildman–Crippen LogP) is 0.205. The van der Waals surface area contributed by atoms with Gasteiger partial charge in [-0.1, -0.05) is 12.1 Å². The topological polar surface area (TPSA) is 83.5 Å². The summed E-state index contributed by atoms with van der Waals surface area (Å²) in [7, 11) is 3.36. The fourth-order valence-electron chi connectivity index (χ4n) is 3.25. The molecule has 0 saturated carbocycles. The van der Waals surface area contributed by atoms with E-state index >= 15 is 0 Å². The van der Waals surface area contributed by atoms with E-state index in [-0.39, 0.29) is 24.5 Å². The lowest BCUT2D eigenvalue weighted by molar-refractivity contribution is -0.0447. The molecule has 0 bridgehead atoms. The number of carbonyl (C=O) groups is 2. The third-order valence-corrected chi connectivity index (χ3v) is 4.50. The summed E-state index contributed by atoms with van der Waals surface area (Å²) in [5.41, 5.74) is 0.940. The lowest BCUT2D eigenvalue weighted by Gasteiger charge is -2.34. The van der Waals surface area contributed by atoms with E-state index < -0.39 is 0 Å². The first-order valence-electron chi connectivity index (χ1n) is 8.67. The van der Waals surface area contributed by atoms with Gasteiger partial charge in [-0.2, -0.15) is 0 Å². The summed E-state index contributed by atoms with van der Waals surface area (Å²) in [5.74, 6) is 0.244. The van der Waals surface area contributed by atoms with Crippen molar-refractivity contribution in [3.8, 4) is 0 Å². The van der Waals surface area contributed by atoms with Crippen molar-refractivity contribution in [2.75, 3.05) is 53.6 Å². The Hall–Kier alpha value is -2.45. The van der Waals surface area contributed by atoms with Crippen LogP contribution in [0.3, 0.4) is 0 Å². The van der Waals surface area contributed by atoms with Gasteiger partial charge in [-0.15, -0.1) is 0 Å². The number of hydrogen-bond donors (Lipinski definition) is 1. The molecule has 2 heterocycles. The Bertz CT molecular complexity index is 669. The van der Waals surface area contributed by atoms with Gasteiger partial charge in [0.1, 0.15) is 0 Å². The van der Waals surface area contributed by atoms with E-state index in [1.165, 1.54) is 4.90 Å². The number of rotatable bonds is 5. The minimum atomic E-state index is -0.242. The molecule has 26 heavy (non-hydrogen) atoms. The van der Waals surface area contributed by atoms with Gasteiger partial charge in [-0.05, 0) is 12.1 Å². The Morgan fingerprint density at radius 2 is 2.00 bits per heavy atom. The van der Waals surface area contributed by atoms with Crippen LogP contribution < -0.4 is 5.32 Å². The third-order valence-electron chi connectivity index (χ3n) is 4.50. The molecule has 1 unspecified atom stereocenters. The fraction of sp³-hybridized carbons (Fsp3) is 0.500. The van der Waals surface area contributed by atoms with Gasteiger partial charge < -0.3 is 19.7 Å². The predicted molar refractivity (Wildman–Crippen MR) is 96.4 cm³/mol. The Labute approximate surface area is 152 Å². The second-order valence-electron chi connectivity index (χ2n) is 6.18. The fourth-order valence-corrected chi connectivity index (χ4v) is 3.25. The van der Waals surface area contributed by atoms with Crippen LogP contribution in [0.4, 0.5) is 0 Å². The molecule has 2 amide bonds. The molecular weight excluding hydrogens is 336 g/mol. The van der Waals surface area contributed by atoms with Gasteiger partial charge in [-0.25, -0.2) is 0 Å². The molecule has 8 heteroatoms. The molecule has 2 aliphatic heterocycles. The Kier molecular flexibility index (Phi) is 5.85. The van der Waals surface area contributed by atoms with E-state index in [0.717, 1.165) is 12.5 Å². The molecule has 0 radical (unpaired) electrons. The molecule has 1 N–H and O–H groups in total. The molecule has 1 saturated heterocycles. The molecule has 0 aliphatic carbocycles. The molecular formula is C18H24N4O4. The van der Waals surface area contributed by atoms with Crippen LogP contribution in [0.1, 0.15) is 20.7 Å². The van der Waals surface area contributed by atoms with E-state index in [1.807, 2.05) is 0 Å². The van der Waals surface area contributed by atoms with Crippen LogP contribution in [0.15, 0.2) is 29.3 Å². The van der Waals surface area contributed by atoms with Crippen molar-refractivity contribution >= 4 is 17.8 Å². The van der Waals surface area contributed by atoms with Gasteiger partial charge in [0.15, 0.2) is 5.96 Å². The quantitative estimate of drug-likeness (QED) is 0.459. The summed E-state index contributed by atoms with van der Waals surface area (Å²) < 4.78 is 10.8. The van der Waals surface area contributed by atoms with Crippen LogP contribution in [-0.2, 0) is 9.47 Å². The van der Waals surface area contributed by atoms with Crippen LogP contribution in [0.2, 0.25) is 0 Å². The number of methoxy groups -OCH3 is 1. The van der Waals surface area contributed by atoms with Crippen molar-refractivity contribution in [3.63, 3.8) is 0 Å². The zero-order valence-corrected chi connectivity index (χ0v) is 15.1. The number of morpholine rings is 1. The van der Waals surface area contributed by atoms with E-state index in [9.17, 15) is 9.59 Å². The summed E-state index contributed by atoms with van der Waals surface area (Å²) >= 11 is 0. The molecule has 0 spiro atoms. The summed E-state index contributed by atoms with van der Waals surface area (Å²) in [6.45, 7) is 3.27. The maximum absolute atomic E-state index is 12.4. The highest BCUT2D eigenvalue weighted by molar-refractivity contribution is 6.21. The molecule has 8 nitrogen and oxygen atoms in total.